The van der Waals surface area contributed by atoms with Gasteiger partial charge in [0.25, 0.3) is 5.91 Å². The highest BCUT2D eigenvalue weighted by atomic mass is 16.5. The molecule has 0 atom stereocenters. The molecule has 1 aromatic heterocycles. The highest BCUT2D eigenvalue weighted by Crippen LogP contribution is 2.27. The molecular formula is C18H16N2O3. The summed E-state index contributed by atoms with van der Waals surface area (Å²) in [6, 6.07) is 13.9. The molecule has 1 heterocycles. The Morgan fingerprint density at radius 3 is 2.61 bits per heavy atom. The van der Waals surface area contributed by atoms with Gasteiger partial charge in [-0.25, -0.2) is 0 Å². The Morgan fingerprint density at radius 1 is 1.17 bits per heavy atom. The van der Waals surface area contributed by atoms with Crippen molar-refractivity contribution in [3.05, 3.63) is 60.3 Å². The summed E-state index contributed by atoms with van der Waals surface area (Å²) in [7, 11) is 3.25. The third-order valence-electron chi connectivity index (χ3n) is 3.72. The average molecular weight is 308 g/mol. The van der Waals surface area contributed by atoms with E-state index in [9.17, 15) is 9.90 Å². The van der Waals surface area contributed by atoms with E-state index in [0.717, 1.165) is 5.39 Å². The number of nitrogens with zero attached hydrogens (tertiary/aromatic N) is 2. The van der Waals surface area contributed by atoms with Gasteiger partial charge in [0.1, 0.15) is 11.5 Å². The van der Waals surface area contributed by atoms with Crippen molar-refractivity contribution < 1.29 is 14.6 Å². The minimum Gasteiger partial charge on any atom is -0.507 e. The molecule has 116 valence electrons. The van der Waals surface area contributed by atoms with Crippen LogP contribution in [0.2, 0.25) is 0 Å². The molecule has 5 nitrogen and oxygen atoms in total. The Labute approximate surface area is 133 Å². The maximum absolute atomic E-state index is 12.7. The second-order valence-corrected chi connectivity index (χ2v) is 5.13. The molecule has 3 rings (SSSR count). The molecule has 0 aliphatic rings. The zero-order valence-electron chi connectivity index (χ0n) is 12.9. The lowest BCUT2D eigenvalue weighted by molar-refractivity contribution is 0.0990. The van der Waals surface area contributed by atoms with Crippen LogP contribution in [0.4, 0.5) is 5.69 Å². The van der Waals surface area contributed by atoms with Crippen molar-refractivity contribution >= 4 is 22.5 Å². The van der Waals surface area contributed by atoms with E-state index in [1.165, 1.54) is 4.90 Å². The summed E-state index contributed by atoms with van der Waals surface area (Å²) in [4.78, 5) is 18.4. The van der Waals surface area contributed by atoms with Gasteiger partial charge < -0.3 is 14.7 Å². The number of phenols is 1. The Morgan fingerprint density at radius 2 is 1.91 bits per heavy atom. The van der Waals surface area contributed by atoms with E-state index in [-0.39, 0.29) is 17.2 Å². The van der Waals surface area contributed by atoms with E-state index in [0.29, 0.717) is 17.0 Å². The maximum Gasteiger partial charge on any atom is 0.261 e. The van der Waals surface area contributed by atoms with Crippen molar-refractivity contribution in [3.63, 3.8) is 0 Å². The molecule has 0 saturated heterocycles. The Hall–Kier alpha value is -3.08. The normalized spacial score (nSPS) is 10.5. The fraction of sp³-hybridized carbons (Fsp3) is 0.111. The number of benzene rings is 2. The summed E-state index contributed by atoms with van der Waals surface area (Å²) >= 11 is 0. The predicted octanol–water partition coefficient (Wildman–Crippen LogP) is 3.23. The van der Waals surface area contributed by atoms with Crippen LogP contribution in [0.1, 0.15) is 10.4 Å². The number of hydrogen-bond donors (Lipinski definition) is 1. The number of carbonyl (C=O) groups is 1. The number of anilines is 1. The second kappa shape index (κ2) is 5.96. The van der Waals surface area contributed by atoms with Gasteiger partial charge in [0.2, 0.25) is 0 Å². The van der Waals surface area contributed by atoms with Crippen molar-refractivity contribution in [1.82, 2.24) is 4.98 Å². The van der Waals surface area contributed by atoms with Gasteiger partial charge in [-0.05, 0) is 42.5 Å². The van der Waals surface area contributed by atoms with Crippen LogP contribution in [0, 0.1) is 0 Å². The number of pyridine rings is 1. The highest BCUT2D eigenvalue weighted by Gasteiger charge is 2.18. The molecule has 1 N–H and O–H groups in total. The van der Waals surface area contributed by atoms with Gasteiger partial charge in [-0.3, -0.25) is 9.78 Å². The van der Waals surface area contributed by atoms with E-state index < -0.39 is 0 Å². The van der Waals surface area contributed by atoms with E-state index in [1.807, 2.05) is 6.07 Å². The first-order valence-electron chi connectivity index (χ1n) is 7.10. The number of phenolic OH excluding ortho intramolecular Hbond substituents is 1. The van der Waals surface area contributed by atoms with Gasteiger partial charge in [-0.2, -0.15) is 0 Å². The fourth-order valence-corrected chi connectivity index (χ4v) is 2.38. The van der Waals surface area contributed by atoms with Crippen LogP contribution in [-0.4, -0.2) is 30.2 Å². The van der Waals surface area contributed by atoms with E-state index in [2.05, 4.69) is 4.98 Å². The lowest BCUT2D eigenvalue weighted by Gasteiger charge is -2.18. The number of rotatable bonds is 3. The number of ether oxygens (including phenoxy) is 1. The quantitative estimate of drug-likeness (QED) is 0.807. The molecule has 0 saturated carbocycles. The lowest BCUT2D eigenvalue weighted by Crippen LogP contribution is -2.26. The van der Waals surface area contributed by atoms with E-state index >= 15 is 0 Å². The van der Waals surface area contributed by atoms with Crippen LogP contribution >= 0.6 is 0 Å². The number of hydrogen-bond acceptors (Lipinski definition) is 4. The van der Waals surface area contributed by atoms with Crippen LogP contribution < -0.4 is 9.64 Å². The third-order valence-corrected chi connectivity index (χ3v) is 3.72. The first-order chi connectivity index (χ1) is 11.1. The summed E-state index contributed by atoms with van der Waals surface area (Å²) in [5.74, 6) is 0.350. The molecule has 0 spiro atoms. The third kappa shape index (κ3) is 2.81. The number of amides is 1. The zero-order chi connectivity index (χ0) is 16.4. The first-order valence-corrected chi connectivity index (χ1v) is 7.10. The van der Waals surface area contributed by atoms with Gasteiger partial charge in [0.15, 0.2) is 0 Å². The van der Waals surface area contributed by atoms with Crippen LogP contribution in [-0.2, 0) is 0 Å². The Bertz CT molecular complexity index is 860. The molecule has 23 heavy (non-hydrogen) atoms. The van der Waals surface area contributed by atoms with E-state index in [1.54, 1.807) is 62.8 Å². The standard InChI is InChI=1S/C18H16N2O3/c1-20(13-5-7-14(23-2)8-6-13)18(22)15-11-16-12(10-17(15)21)4-3-9-19-16/h3-11,21H,1-2H3. The van der Waals surface area contributed by atoms with Crippen molar-refractivity contribution in [2.24, 2.45) is 0 Å². The number of fused-ring (bicyclic) bond motifs is 1. The topological polar surface area (TPSA) is 62.7 Å². The molecule has 0 bridgehead atoms. The van der Waals surface area contributed by atoms with Crippen LogP contribution in [0.3, 0.4) is 0 Å². The van der Waals surface area contributed by atoms with Crippen molar-refractivity contribution in [2.75, 3.05) is 19.1 Å². The fourth-order valence-electron chi connectivity index (χ4n) is 2.38. The average Bonchev–Trinajstić information content (AvgIpc) is 2.60. The van der Waals surface area contributed by atoms with Gasteiger partial charge in [-0.1, -0.05) is 6.07 Å². The molecule has 0 radical (unpaired) electrons. The Kier molecular flexibility index (Phi) is 3.85. The van der Waals surface area contributed by atoms with Gasteiger partial charge >= 0.3 is 0 Å². The number of aromatic hydroxyl groups is 1. The first kappa shape index (κ1) is 14.8. The highest BCUT2D eigenvalue weighted by molar-refractivity contribution is 6.09. The molecule has 3 aromatic rings. The predicted molar refractivity (Wildman–Crippen MR) is 89.1 cm³/mol. The minimum absolute atomic E-state index is 0.0594. The number of carbonyl (C=O) groups excluding carboxylic acids is 1. The van der Waals surface area contributed by atoms with Crippen LogP contribution in [0.5, 0.6) is 11.5 Å². The maximum atomic E-state index is 12.7. The van der Waals surface area contributed by atoms with Crippen molar-refractivity contribution in [3.8, 4) is 11.5 Å². The minimum atomic E-state index is -0.305. The molecule has 0 aliphatic carbocycles. The largest absolute Gasteiger partial charge is 0.507 e. The van der Waals surface area contributed by atoms with Crippen LogP contribution in [0.25, 0.3) is 10.9 Å². The van der Waals surface area contributed by atoms with Gasteiger partial charge in [0, 0.05) is 24.3 Å². The zero-order valence-corrected chi connectivity index (χ0v) is 12.9. The smallest absolute Gasteiger partial charge is 0.261 e. The second-order valence-electron chi connectivity index (χ2n) is 5.13. The summed E-state index contributed by atoms with van der Waals surface area (Å²) < 4.78 is 5.11. The molecule has 2 aromatic carbocycles. The van der Waals surface area contributed by atoms with E-state index in [4.69, 9.17) is 4.74 Å². The summed E-state index contributed by atoms with van der Waals surface area (Å²) in [6.07, 6.45) is 1.65. The summed E-state index contributed by atoms with van der Waals surface area (Å²) in [5.41, 5.74) is 1.59. The summed E-state index contributed by atoms with van der Waals surface area (Å²) in [6.45, 7) is 0. The van der Waals surface area contributed by atoms with Crippen LogP contribution in [0.15, 0.2) is 54.7 Å². The molecule has 0 aliphatic heterocycles. The number of methoxy groups -OCH3 is 1. The molecule has 1 amide bonds. The van der Waals surface area contributed by atoms with Gasteiger partial charge in [-0.15, -0.1) is 0 Å². The number of aromatic nitrogens is 1. The molecule has 0 fully saturated rings. The Balaban J connectivity index is 1.96. The molecule has 5 heteroatoms. The SMILES string of the molecule is COc1ccc(N(C)C(=O)c2cc3ncccc3cc2O)cc1. The lowest BCUT2D eigenvalue weighted by atomic mass is 10.1. The molecule has 0 unspecified atom stereocenters. The van der Waals surface area contributed by atoms with Crippen molar-refractivity contribution in [1.29, 1.82) is 0 Å². The molecular weight excluding hydrogens is 292 g/mol. The summed E-state index contributed by atoms with van der Waals surface area (Å²) in [5, 5.41) is 10.9. The van der Waals surface area contributed by atoms with Crippen molar-refractivity contribution in [2.45, 2.75) is 0 Å². The monoisotopic (exact) mass is 308 g/mol. The van der Waals surface area contributed by atoms with Gasteiger partial charge in [0.05, 0.1) is 18.2 Å².